The smallest absolute Gasteiger partial charge is 0.276 e. The van der Waals surface area contributed by atoms with Crippen LogP contribution in [-0.4, -0.2) is 38.4 Å². The van der Waals surface area contributed by atoms with Crippen molar-refractivity contribution >= 4 is 15.7 Å². The summed E-state index contributed by atoms with van der Waals surface area (Å²) in [5, 5.41) is 4.36. The molecule has 8 heteroatoms. The van der Waals surface area contributed by atoms with Crippen molar-refractivity contribution in [2.45, 2.75) is 49.6 Å². The normalized spacial score (nSPS) is 29.5. The monoisotopic (exact) mass is 439 g/mol. The third-order valence-corrected chi connectivity index (χ3v) is 8.40. The van der Waals surface area contributed by atoms with Gasteiger partial charge in [0.05, 0.1) is 4.90 Å². The van der Waals surface area contributed by atoms with Crippen molar-refractivity contribution < 1.29 is 17.9 Å². The Labute approximate surface area is 182 Å². The minimum Gasteiger partial charge on any atom is -0.454 e. The van der Waals surface area contributed by atoms with E-state index in [4.69, 9.17) is 9.47 Å². The van der Waals surface area contributed by atoms with E-state index >= 15 is 0 Å². The number of aryl methyl sites for hydroxylation is 1. The molecule has 7 nitrogen and oxygen atoms in total. The second-order valence-corrected chi connectivity index (χ2v) is 10.7. The maximum absolute atomic E-state index is 12.6. The molecular formula is C23H25N3O4S. The van der Waals surface area contributed by atoms with Gasteiger partial charge >= 0.3 is 0 Å². The first-order chi connectivity index (χ1) is 15.0. The summed E-state index contributed by atoms with van der Waals surface area (Å²) in [5.41, 5.74) is 4.64. The van der Waals surface area contributed by atoms with Crippen LogP contribution in [0.3, 0.4) is 0 Å². The summed E-state index contributed by atoms with van der Waals surface area (Å²) in [6.45, 7) is 4.21. The summed E-state index contributed by atoms with van der Waals surface area (Å²) in [7, 11) is -3.65. The Balaban J connectivity index is 1.23. The third-order valence-electron chi connectivity index (χ3n) is 7.17. The lowest BCUT2D eigenvalue weighted by atomic mass is 9.76. The zero-order chi connectivity index (χ0) is 21.2. The van der Waals surface area contributed by atoms with Crippen LogP contribution in [0.2, 0.25) is 0 Å². The van der Waals surface area contributed by atoms with Gasteiger partial charge in [-0.25, -0.2) is 4.83 Å². The first-order valence-electron chi connectivity index (χ1n) is 10.8. The maximum Gasteiger partial charge on any atom is 0.276 e. The van der Waals surface area contributed by atoms with Gasteiger partial charge < -0.3 is 9.47 Å². The van der Waals surface area contributed by atoms with Gasteiger partial charge in [-0.3, -0.25) is 4.90 Å². The number of fused-ring (bicyclic) bond motifs is 8. The van der Waals surface area contributed by atoms with Gasteiger partial charge in [0.15, 0.2) is 11.5 Å². The number of nitrogens with one attached hydrogen (secondary N) is 1. The van der Waals surface area contributed by atoms with Crippen molar-refractivity contribution in [3.63, 3.8) is 0 Å². The molecule has 3 aliphatic heterocycles. The number of hydrogen-bond donors (Lipinski definition) is 1. The highest BCUT2D eigenvalue weighted by Crippen LogP contribution is 2.51. The van der Waals surface area contributed by atoms with Gasteiger partial charge in [0.25, 0.3) is 10.0 Å². The Bertz CT molecular complexity index is 1180. The highest BCUT2D eigenvalue weighted by molar-refractivity contribution is 7.89. The van der Waals surface area contributed by atoms with Crippen molar-refractivity contribution in [2.75, 3.05) is 13.3 Å². The molecule has 4 aliphatic rings. The zero-order valence-electron chi connectivity index (χ0n) is 17.4. The molecule has 1 N–H and O–H groups in total. The van der Waals surface area contributed by atoms with Gasteiger partial charge in [-0.15, -0.1) is 0 Å². The molecule has 1 saturated heterocycles. The van der Waals surface area contributed by atoms with E-state index in [-0.39, 0.29) is 11.7 Å². The van der Waals surface area contributed by atoms with Crippen molar-refractivity contribution in [1.82, 2.24) is 9.73 Å². The van der Waals surface area contributed by atoms with Gasteiger partial charge in [-0.1, -0.05) is 17.7 Å². The molecule has 2 bridgehead atoms. The van der Waals surface area contributed by atoms with Crippen LogP contribution in [0.25, 0.3) is 0 Å². The number of nitrogens with zero attached hydrogens (tertiary/aromatic N) is 2. The topological polar surface area (TPSA) is 80.2 Å². The molecule has 0 amide bonds. The van der Waals surface area contributed by atoms with Crippen LogP contribution in [0.4, 0.5) is 0 Å². The van der Waals surface area contributed by atoms with Crippen LogP contribution in [0.1, 0.15) is 41.9 Å². The van der Waals surface area contributed by atoms with Crippen molar-refractivity contribution in [1.29, 1.82) is 0 Å². The molecule has 1 unspecified atom stereocenters. The molecule has 6 rings (SSSR count). The lowest BCUT2D eigenvalue weighted by Gasteiger charge is -2.31. The quantitative estimate of drug-likeness (QED) is 0.744. The minimum absolute atomic E-state index is 0.240. The van der Waals surface area contributed by atoms with Crippen molar-refractivity contribution in [3.05, 3.63) is 53.1 Å². The fourth-order valence-electron chi connectivity index (χ4n) is 5.63. The largest absolute Gasteiger partial charge is 0.454 e. The summed E-state index contributed by atoms with van der Waals surface area (Å²) in [5.74, 6) is 2.55. The highest BCUT2D eigenvalue weighted by Gasteiger charge is 2.48. The predicted molar refractivity (Wildman–Crippen MR) is 116 cm³/mol. The van der Waals surface area contributed by atoms with Crippen molar-refractivity contribution in [2.24, 2.45) is 11.0 Å². The lowest BCUT2D eigenvalue weighted by molar-refractivity contribution is 0.173. The highest BCUT2D eigenvalue weighted by atomic mass is 32.2. The van der Waals surface area contributed by atoms with Crippen molar-refractivity contribution in [3.8, 4) is 11.5 Å². The van der Waals surface area contributed by atoms with Gasteiger partial charge in [0.1, 0.15) is 0 Å². The summed E-state index contributed by atoms with van der Waals surface area (Å²) in [6.07, 6.45) is 2.64. The first kappa shape index (κ1) is 19.1. The van der Waals surface area contributed by atoms with E-state index in [1.807, 2.05) is 6.92 Å². The average molecular weight is 440 g/mol. The molecule has 0 aromatic heterocycles. The van der Waals surface area contributed by atoms with E-state index in [0.717, 1.165) is 55.1 Å². The molecule has 4 atom stereocenters. The fraction of sp³-hybridized carbons (Fsp3) is 0.435. The molecular weight excluding hydrogens is 414 g/mol. The molecule has 3 heterocycles. The van der Waals surface area contributed by atoms with E-state index in [0.29, 0.717) is 17.9 Å². The zero-order valence-corrected chi connectivity index (χ0v) is 18.2. The Morgan fingerprint density at radius 1 is 1.13 bits per heavy atom. The average Bonchev–Trinajstić information content (AvgIpc) is 3.34. The van der Waals surface area contributed by atoms with Crippen LogP contribution in [0.5, 0.6) is 11.5 Å². The number of benzene rings is 2. The number of sulfonamides is 1. The second kappa shape index (κ2) is 6.97. The number of hydrogen-bond acceptors (Lipinski definition) is 6. The Kier molecular flexibility index (Phi) is 4.30. The van der Waals surface area contributed by atoms with Gasteiger partial charge in [0, 0.05) is 30.8 Å². The van der Waals surface area contributed by atoms with Crippen LogP contribution in [-0.2, 0) is 16.6 Å². The fourth-order valence-corrected chi connectivity index (χ4v) is 6.48. The van der Waals surface area contributed by atoms with Crippen LogP contribution < -0.4 is 14.3 Å². The number of rotatable bonds is 3. The first-order valence-corrected chi connectivity index (χ1v) is 12.3. The van der Waals surface area contributed by atoms with Gasteiger partial charge in [-0.2, -0.15) is 13.5 Å². The van der Waals surface area contributed by atoms with Crippen LogP contribution in [0.15, 0.2) is 46.4 Å². The Morgan fingerprint density at radius 3 is 2.71 bits per heavy atom. The summed E-state index contributed by atoms with van der Waals surface area (Å²) < 4.78 is 36.4. The van der Waals surface area contributed by atoms with E-state index in [9.17, 15) is 8.42 Å². The predicted octanol–water partition coefficient (Wildman–Crippen LogP) is 3.14. The van der Waals surface area contributed by atoms with Crippen LogP contribution in [0, 0.1) is 12.8 Å². The molecule has 1 saturated carbocycles. The summed E-state index contributed by atoms with van der Waals surface area (Å²) in [6, 6.07) is 11.6. The lowest BCUT2D eigenvalue weighted by Crippen LogP contribution is -2.36. The Hall–Kier alpha value is -2.58. The SMILES string of the molecule is Cc1ccc(S(=O)(=O)N/N=C2\CC[C@H]3[C@@H](C2)[C@H]2CN3Cc3cc4c(cc32)OCO4)cc1. The number of hydrazone groups is 1. The standard InChI is InChI=1S/C23H25N3O4S/c1-14-2-5-17(6-3-14)31(27,28)25-24-16-4-7-21-19(9-16)20-12-26(21)11-15-8-22-23(10-18(15)20)30-13-29-22/h2-3,5-6,8,10,19-21,25H,4,7,9,11-13H2,1H3/b24-16+/t19-,20-,21-/m0/s1. The maximum atomic E-state index is 12.6. The Morgan fingerprint density at radius 2 is 1.90 bits per heavy atom. The van der Waals surface area contributed by atoms with E-state index in [1.54, 1.807) is 24.3 Å². The minimum atomic E-state index is -3.65. The molecule has 0 radical (unpaired) electrons. The molecule has 162 valence electrons. The van der Waals surface area contributed by atoms with Crippen LogP contribution >= 0.6 is 0 Å². The van der Waals surface area contributed by atoms with E-state index in [2.05, 4.69) is 27.0 Å². The summed E-state index contributed by atoms with van der Waals surface area (Å²) >= 11 is 0. The summed E-state index contributed by atoms with van der Waals surface area (Å²) in [4.78, 5) is 5.28. The van der Waals surface area contributed by atoms with E-state index < -0.39 is 10.0 Å². The second-order valence-electron chi connectivity index (χ2n) is 9.00. The molecule has 0 spiro atoms. The molecule has 2 aromatic carbocycles. The van der Waals surface area contributed by atoms with E-state index in [1.165, 1.54) is 11.1 Å². The molecule has 1 aliphatic carbocycles. The molecule has 31 heavy (non-hydrogen) atoms. The molecule has 2 fully saturated rings. The van der Waals surface area contributed by atoms with Gasteiger partial charge in [0.2, 0.25) is 6.79 Å². The third kappa shape index (κ3) is 3.20. The number of ether oxygens (including phenoxy) is 2. The molecule has 2 aromatic rings. The van der Waals surface area contributed by atoms with Gasteiger partial charge in [-0.05, 0) is 67.5 Å².